The van der Waals surface area contributed by atoms with Gasteiger partial charge in [-0.3, -0.25) is 4.68 Å². The number of aromatic carboxylic acids is 1. The maximum absolute atomic E-state index is 13.6. The van der Waals surface area contributed by atoms with E-state index >= 15 is 0 Å². The van der Waals surface area contributed by atoms with Crippen LogP contribution in [0.25, 0.3) is 0 Å². The van der Waals surface area contributed by atoms with Gasteiger partial charge in [0, 0.05) is 13.2 Å². The number of amides is 2. The van der Waals surface area contributed by atoms with Crippen LogP contribution in [0.1, 0.15) is 10.4 Å². The normalized spacial score (nSPS) is 10.1. The highest BCUT2D eigenvalue weighted by atomic mass is 19.1. The second kappa shape index (κ2) is 5.39. The summed E-state index contributed by atoms with van der Waals surface area (Å²) in [6.07, 6.45) is 3.01. The van der Waals surface area contributed by atoms with Crippen LogP contribution in [0.4, 0.5) is 20.6 Å². The molecular formula is C12H11FN4O3. The van der Waals surface area contributed by atoms with Crippen molar-refractivity contribution < 1.29 is 19.1 Å². The van der Waals surface area contributed by atoms with E-state index in [0.717, 1.165) is 6.07 Å². The molecule has 0 saturated carbocycles. The Morgan fingerprint density at radius 3 is 2.65 bits per heavy atom. The number of anilines is 2. The Hall–Kier alpha value is -2.90. The zero-order chi connectivity index (χ0) is 14.7. The topological polar surface area (TPSA) is 96.2 Å². The van der Waals surface area contributed by atoms with E-state index in [2.05, 4.69) is 15.7 Å². The number of hydrogen-bond acceptors (Lipinski definition) is 3. The van der Waals surface area contributed by atoms with E-state index in [1.165, 1.54) is 23.0 Å². The molecule has 2 aromatic rings. The molecule has 0 atom stereocenters. The molecule has 3 N–H and O–H groups in total. The number of aryl methyl sites for hydroxylation is 1. The van der Waals surface area contributed by atoms with Crippen LogP contribution in [0.15, 0.2) is 30.6 Å². The lowest BCUT2D eigenvalue weighted by atomic mass is 10.2. The van der Waals surface area contributed by atoms with Gasteiger partial charge in [-0.25, -0.2) is 14.0 Å². The first kappa shape index (κ1) is 13.5. The molecule has 8 heteroatoms. The van der Waals surface area contributed by atoms with Crippen LogP contribution in [-0.4, -0.2) is 26.9 Å². The number of nitrogens with one attached hydrogen (secondary N) is 2. The molecule has 1 heterocycles. The van der Waals surface area contributed by atoms with Crippen LogP contribution in [0.3, 0.4) is 0 Å². The Kier molecular flexibility index (Phi) is 3.65. The van der Waals surface area contributed by atoms with Crippen LogP contribution in [0, 0.1) is 5.82 Å². The number of carbonyl (C=O) groups excluding carboxylic acids is 1. The lowest BCUT2D eigenvalue weighted by molar-refractivity contribution is 0.0696. The smallest absolute Gasteiger partial charge is 0.335 e. The number of benzene rings is 1. The Labute approximate surface area is 113 Å². The van der Waals surface area contributed by atoms with Crippen LogP contribution < -0.4 is 10.6 Å². The standard InChI is InChI=1S/C12H11FN4O3/c1-17-6-8(5-14-17)15-12(20)16-10-3-2-7(11(18)19)4-9(10)13/h2-6H,1H3,(H,18,19)(H2,15,16,20). The number of rotatable bonds is 3. The Morgan fingerprint density at radius 1 is 1.35 bits per heavy atom. The number of carboxylic acid groups (broad SMARTS) is 1. The Bertz CT molecular complexity index is 668. The van der Waals surface area contributed by atoms with Crippen molar-refractivity contribution in [3.05, 3.63) is 42.0 Å². The summed E-state index contributed by atoms with van der Waals surface area (Å²) in [6.45, 7) is 0. The summed E-state index contributed by atoms with van der Waals surface area (Å²) < 4.78 is 15.1. The first-order valence-corrected chi connectivity index (χ1v) is 5.55. The van der Waals surface area contributed by atoms with Gasteiger partial charge in [0.15, 0.2) is 0 Å². The molecule has 20 heavy (non-hydrogen) atoms. The number of urea groups is 1. The van der Waals surface area contributed by atoms with Crippen molar-refractivity contribution in [1.82, 2.24) is 9.78 Å². The van der Waals surface area contributed by atoms with Crippen molar-refractivity contribution in [3.8, 4) is 0 Å². The van der Waals surface area contributed by atoms with Gasteiger partial charge in [-0.15, -0.1) is 0 Å². The van der Waals surface area contributed by atoms with Crippen molar-refractivity contribution in [3.63, 3.8) is 0 Å². The molecule has 2 amide bonds. The van der Waals surface area contributed by atoms with Crippen LogP contribution in [0.5, 0.6) is 0 Å². The largest absolute Gasteiger partial charge is 0.478 e. The van der Waals surface area contributed by atoms with Crippen molar-refractivity contribution in [2.75, 3.05) is 10.6 Å². The molecule has 0 aliphatic rings. The minimum Gasteiger partial charge on any atom is -0.478 e. The van der Waals surface area contributed by atoms with E-state index in [1.54, 1.807) is 13.2 Å². The average Bonchev–Trinajstić information content (AvgIpc) is 2.77. The Balaban J connectivity index is 2.06. The molecule has 0 aliphatic heterocycles. The molecule has 0 bridgehead atoms. The molecule has 0 aliphatic carbocycles. The molecular weight excluding hydrogens is 267 g/mol. The first-order chi connectivity index (χ1) is 9.45. The fourth-order valence-corrected chi connectivity index (χ4v) is 1.52. The van der Waals surface area contributed by atoms with Gasteiger partial charge in [-0.1, -0.05) is 0 Å². The lowest BCUT2D eigenvalue weighted by Crippen LogP contribution is -2.20. The summed E-state index contributed by atoms with van der Waals surface area (Å²) in [7, 11) is 1.69. The van der Waals surface area contributed by atoms with Crippen molar-refractivity contribution >= 4 is 23.4 Å². The minimum atomic E-state index is -1.24. The van der Waals surface area contributed by atoms with E-state index in [4.69, 9.17) is 5.11 Å². The highest BCUT2D eigenvalue weighted by molar-refractivity contribution is 6.00. The van der Waals surface area contributed by atoms with E-state index in [0.29, 0.717) is 5.69 Å². The quantitative estimate of drug-likeness (QED) is 0.798. The van der Waals surface area contributed by atoms with Crippen LogP contribution in [-0.2, 0) is 7.05 Å². The van der Waals surface area contributed by atoms with E-state index in [9.17, 15) is 14.0 Å². The van der Waals surface area contributed by atoms with Gasteiger partial charge in [-0.05, 0) is 18.2 Å². The summed E-state index contributed by atoms with van der Waals surface area (Å²) >= 11 is 0. The fourth-order valence-electron chi connectivity index (χ4n) is 1.52. The molecule has 0 fully saturated rings. The summed E-state index contributed by atoms with van der Waals surface area (Å²) in [5, 5.41) is 17.3. The van der Waals surface area contributed by atoms with Gasteiger partial charge in [0.1, 0.15) is 5.82 Å². The highest BCUT2D eigenvalue weighted by Crippen LogP contribution is 2.16. The van der Waals surface area contributed by atoms with E-state index < -0.39 is 17.8 Å². The predicted molar refractivity (Wildman–Crippen MR) is 69.2 cm³/mol. The zero-order valence-corrected chi connectivity index (χ0v) is 10.4. The third kappa shape index (κ3) is 3.10. The van der Waals surface area contributed by atoms with Crippen molar-refractivity contribution in [2.45, 2.75) is 0 Å². The zero-order valence-electron chi connectivity index (χ0n) is 10.4. The van der Waals surface area contributed by atoms with E-state index in [1.807, 2.05) is 0 Å². The number of carbonyl (C=O) groups is 2. The monoisotopic (exact) mass is 278 g/mol. The second-order valence-electron chi connectivity index (χ2n) is 3.98. The Morgan fingerprint density at radius 2 is 2.10 bits per heavy atom. The number of halogens is 1. The maximum atomic E-state index is 13.6. The molecule has 0 unspecified atom stereocenters. The molecule has 7 nitrogen and oxygen atoms in total. The third-order valence-electron chi connectivity index (χ3n) is 2.43. The summed E-state index contributed by atoms with van der Waals surface area (Å²) in [5.74, 6) is -2.07. The molecule has 0 saturated heterocycles. The summed E-state index contributed by atoms with van der Waals surface area (Å²) in [4.78, 5) is 22.3. The maximum Gasteiger partial charge on any atom is 0.335 e. The van der Waals surface area contributed by atoms with Crippen LogP contribution >= 0.6 is 0 Å². The molecule has 0 spiro atoms. The van der Waals surface area contributed by atoms with Gasteiger partial charge in [-0.2, -0.15) is 5.10 Å². The summed E-state index contributed by atoms with van der Waals surface area (Å²) in [5.41, 5.74) is 0.143. The second-order valence-corrected chi connectivity index (χ2v) is 3.98. The van der Waals surface area contributed by atoms with Crippen molar-refractivity contribution in [2.24, 2.45) is 7.05 Å². The van der Waals surface area contributed by atoms with Gasteiger partial charge in [0.25, 0.3) is 0 Å². The number of aromatic nitrogens is 2. The number of nitrogens with zero attached hydrogens (tertiary/aromatic N) is 2. The fraction of sp³-hybridized carbons (Fsp3) is 0.0833. The molecule has 1 aromatic heterocycles. The van der Waals surface area contributed by atoms with Gasteiger partial charge in [0.05, 0.1) is 23.1 Å². The molecule has 0 radical (unpaired) electrons. The number of hydrogen-bond donors (Lipinski definition) is 3. The highest BCUT2D eigenvalue weighted by Gasteiger charge is 2.11. The predicted octanol–water partition coefficient (Wildman–Crippen LogP) is 1.90. The number of carboxylic acids is 1. The first-order valence-electron chi connectivity index (χ1n) is 5.55. The SMILES string of the molecule is Cn1cc(NC(=O)Nc2ccc(C(=O)O)cc2F)cn1. The van der Waals surface area contributed by atoms with Crippen molar-refractivity contribution in [1.29, 1.82) is 0 Å². The van der Waals surface area contributed by atoms with E-state index in [-0.39, 0.29) is 11.3 Å². The lowest BCUT2D eigenvalue weighted by Gasteiger charge is -2.07. The van der Waals surface area contributed by atoms with Gasteiger partial charge in [0.2, 0.25) is 0 Å². The summed E-state index contributed by atoms with van der Waals surface area (Å²) in [6, 6.07) is 2.56. The minimum absolute atomic E-state index is 0.114. The molecule has 2 rings (SSSR count). The molecule has 104 valence electrons. The van der Waals surface area contributed by atoms with Crippen LogP contribution in [0.2, 0.25) is 0 Å². The third-order valence-corrected chi connectivity index (χ3v) is 2.43. The average molecular weight is 278 g/mol. The molecule has 1 aromatic carbocycles. The van der Waals surface area contributed by atoms with Gasteiger partial charge >= 0.3 is 12.0 Å². The van der Waals surface area contributed by atoms with Gasteiger partial charge < -0.3 is 15.7 Å².